The Bertz CT molecular complexity index is 617. The maximum Gasteiger partial charge on any atom is 0.252 e. The van der Waals surface area contributed by atoms with Gasteiger partial charge >= 0.3 is 0 Å². The van der Waals surface area contributed by atoms with E-state index in [9.17, 15) is 4.79 Å². The van der Waals surface area contributed by atoms with Crippen LogP contribution in [0.1, 0.15) is 34.5 Å². The highest BCUT2D eigenvalue weighted by Crippen LogP contribution is 2.34. The molecule has 1 atom stereocenters. The Morgan fingerprint density at radius 3 is 2.86 bits per heavy atom. The molecule has 3 N–H and O–H groups in total. The number of piperidine rings is 3. The average molecular weight is 284 g/mol. The fraction of sp³-hybridized carbons (Fsp3) is 0.500. The van der Waals surface area contributed by atoms with Crippen molar-refractivity contribution in [2.24, 2.45) is 11.7 Å². The molecular formula is C16H20N4O. The van der Waals surface area contributed by atoms with Crippen LogP contribution in [0.4, 0.5) is 5.69 Å². The summed E-state index contributed by atoms with van der Waals surface area (Å²) in [6, 6.07) is 0.408. The number of rotatable bonds is 3. The van der Waals surface area contributed by atoms with E-state index < -0.39 is 5.91 Å². The molecule has 3 saturated heterocycles. The van der Waals surface area contributed by atoms with Gasteiger partial charge in [0.1, 0.15) is 0 Å². The quantitative estimate of drug-likeness (QED) is 0.876. The SMILES string of the molecule is NC(=O)c1cnc2c(c1N[C@H]1CN3CCC1CC3)C=CC2. The average Bonchev–Trinajstić information content (AvgIpc) is 2.97. The zero-order valence-electron chi connectivity index (χ0n) is 12.0. The second-order valence-electron chi connectivity index (χ2n) is 6.27. The molecule has 0 unspecified atom stereocenters. The van der Waals surface area contributed by atoms with Crippen LogP contribution in [0.5, 0.6) is 0 Å². The lowest BCUT2D eigenvalue weighted by molar-refractivity contribution is 0.0968. The predicted octanol–water partition coefficient (Wildman–Crippen LogP) is 1.26. The first-order chi connectivity index (χ1) is 10.2. The van der Waals surface area contributed by atoms with E-state index in [1.54, 1.807) is 6.20 Å². The minimum Gasteiger partial charge on any atom is -0.380 e. The summed E-state index contributed by atoms with van der Waals surface area (Å²) in [6.45, 7) is 3.48. The molecule has 0 spiro atoms. The zero-order valence-corrected chi connectivity index (χ0v) is 12.0. The van der Waals surface area contributed by atoms with E-state index >= 15 is 0 Å². The van der Waals surface area contributed by atoms with Gasteiger partial charge < -0.3 is 16.0 Å². The van der Waals surface area contributed by atoms with Crippen LogP contribution in [-0.4, -0.2) is 41.5 Å². The number of hydrogen-bond donors (Lipinski definition) is 2. The molecule has 4 aliphatic rings. The maximum absolute atomic E-state index is 11.7. The summed E-state index contributed by atoms with van der Waals surface area (Å²) in [5, 5.41) is 3.63. The Kier molecular flexibility index (Phi) is 2.96. The van der Waals surface area contributed by atoms with Crippen molar-refractivity contribution in [2.75, 3.05) is 25.0 Å². The topological polar surface area (TPSA) is 71.2 Å². The summed E-state index contributed by atoms with van der Waals surface area (Å²) >= 11 is 0. The Balaban J connectivity index is 1.69. The molecule has 1 amide bonds. The molecule has 5 heteroatoms. The first-order valence-electron chi connectivity index (χ1n) is 7.69. The van der Waals surface area contributed by atoms with Crippen molar-refractivity contribution >= 4 is 17.7 Å². The van der Waals surface area contributed by atoms with Gasteiger partial charge in [-0.15, -0.1) is 0 Å². The van der Waals surface area contributed by atoms with Gasteiger partial charge in [0.15, 0.2) is 0 Å². The van der Waals surface area contributed by atoms with Crippen LogP contribution in [0.15, 0.2) is 12.3 Å². The summed E-state index contributed by atoms with van der Waals surface area (Å²) in [6.07, 6.45) is 9.09. The smallest absolute Gasteiger partial charge is 0.252 e. The van der Waals surface area contributed by atoms with Crippen LogP contribution in [-0.2, 0) is 6.42 Å². The van der Waals surface area contributed by atoms with Gasteiger partial charge in [0.05, 0.1) is 16.9 Å². The number of pyridine rings is 1. The number of fused-ring (bicyclic) bond motifs is 4. The zero-order chi connectivity index (χ0) is 14.4. The van der Waals surface area contributed by atoms with Crippen LogP contribution in [0.2, 0.25) is 0 Å². The number of allylic oxidation sites excluding steroid dienone is 1. The number of carbonyl (C=O) groups is 1. The van der Waals surface area contributed by atoms with Crippen molar-refractivity contribution in [3.05, 3.63) is 29.1 Å². The van der Waals surface area contributed by atoms with Gasteiger partial charge in [-0.3, -0.25) is 9.78 Å². The summed E-state index contributed by atoms with van der Waals surface area (Å²) in [4.78, 5) is 18.6. The van der Waals surface area contributed by atoms with E-state index in [4.69, 9.17) is 5.73 Å². The number of aromatic nitrogens is 1. The van der Waals surface area contributed by atoms with Crippen molar-refractivity contribution in [1.29, 1.82) is 0 Å². The molecule has 4 heterocycles. The molecule has 2 bridgehead atoms. The largest absolute Gasteiger partial charge is 0.380 e. The minimum atomic E-state index is -0.408. The van der Waals surface area contributed by atoms with Crippen LogP contribution in [0.25, 0.3) is 6.08 Å². The number of carbonyl (C=O) groups excluding carboxylic acids is 1. The first kappa shape index (κ1) is 12.8. The Labute approximate surface area is 124 Å². The molecule has 110 valence electrons. The molecule has 1 aromatic rings. The van der Waals surface area contributed by atoms with E-state index in [0.29, 0.717) is 17.5 Å². The van der Waals surface area contributed by atoms with Gasteiger partial charge in [0, 0.05) is 30.8 Å². The monoisotopic (exact) mass is 284 g/mol. The third-order valence-corrected chi connectivity index (χ3v) is 5.05. The van der Waals surface area contributed by atoms with Gasteiger partial charge in [0.2, 0.25) is 0 Å². The molecule has 21 heavy (non-hydrogen) atoms. The van der Waals surface area contributed by atoms with E-state index in [2.05, 4.69) is 27.4 Å². The lowest BCUT2D eigenvalue weighted by atomic mass is 9.83. The fourth-order valence-corrected chi connectivity index (χ4v) is 3.85. The van der Waals surface area contributed by atoms with Gasteiger partial charge in [-0.05, 0) is 31.8 Å². The van der Waals surface area contributed by atoms with Crippen LogP contribution in [0.3, 0.4) is 0 Å². The minimum absolute atomic E-state index is 0.408. The lowest BCUT2D eigenvalue weighted by Gasteiger charge is -2.45. The number of nitrogens with zero attached hydrogens (tertiary/aromatic N) is 2. The molecule has 3 aliphatic heterocycles. The van der Waals surface area contributed by atoms with E-state index in [1.165, 1.54) is 25.9 Å². The lowest BCUT2D eigenvalue weighted by Crippen LogP contribution is -2.53. The Morgan fingerprint density at radius 1 is 1.38 bits per heavy atom. The van der Waals surface area contributed by atoms with Crippen LogP contribution < -0.4 is 11.1 Å². The van der Waals surface area contributed by atoms with Crippen molar-refractivity contribution in [2.45, 2.75) is 25.3 Å². The highest BCUT2D eigenvalue weighted by Gasteiger charge is 2.35. The normalized spacial score (nSPS) is 29.4. The number of hydrogen-bond acceptors (Lipinski definition) is 4. The molecule has 0 radical (unpaired) electrons. The van der Waals surface area contributed by atoms with Crippen molar-refractivity contribution in [3.8, 4) is 0 Å². The van der Waals surface area contributed by atoms with Gasteiger partial charge in [-0.1, -0.05) is 12.2 Å². The summed E-state index contributed by atoms with van der Waals surface area (Å²) in [7, 11) is 0. The van der Waals surface area contributed by atoms with Gasteiger partial charge in [-0.25, -0.2) is 0 Å². The molecule has 1 aliphatic carbocycles. The Hall–Kier alpha value is -1.88. The van der Waals surface area contributed by atoms with Crippen molar-refractivity contribution in [1.82, 2.24) is 9.88 Å². The number of nitrogens with two attached hydrogens (primary N) is 1. The standard InChI is InChI=1S/C16H20N4O/c17-16(21)12-8-18-13-3-1-2-11(13)15(12)19-14-9-20-6-4-10(14)5-7-20/h1-2,8,10,14H,3-7,9H2,(H2,17,21)(H,18,19)/t14-/m0/s1. The predicted molar refractivity (Wildman–Crippen MR) is 82.1 cm³/mol. The summed E-state index contributed by atoms with van der Waals surface area (Å²) < 4.78 is 0. The van der Waals surface area contributed by atoms with Gasteiger partial charge in [-0.2, -0.15) is 0 Å². The summed E-state index contributed by atoms with van der Waals surface area (Å²) in [5.74, 6) is 0.291. The third kappa shape index (κ3) is 2.12. The van der Waals surface area contributed by atoms with Gasteiger partial charge in [0.25, 0.3) is 5.91 Å². The fourth-order valence-electron chi connectivity index (χ4n) is 3.85. The van der Waals surface area contributed by atoms with E-state index in [0.717, 1.165) is 29.9 Å². The van der Waals surface area contributed by atoms with E-state index in [1.807, 2.05) is 0 Å². The first-order valence-corrected chi connectivity index (χ1v) is 7.69. The second kappa shape index (κ2) is 4.84. The molecule has 5 nitrogen and oxygen atoms in total. The number of anilines is 1. The second-order valence-corrected chi connectivity index (χ2v) is 6.27. The maximum atomic E-state index is 11.7. The van der Waals surface area contributed by atoms with Crippen molar-refractivity contribution < 1.29 is 4.79 Å². The number of amides is 1. The third-order valence-electron chi connectivity index (χ3n) is 5.05. The van der Waals surface area contributed by atoms with Crippen LogP contribution >= 0.6 is 0 Å². The van der Waals surface area contributed by atoms with Crippen LogP contribution in [0, 0.1) is 5.92 Å². The van der Waals surface area contributed by atoms with Crippen molar-refractivity contribution in [3.63, 3.8) is 0 Å². The Morgan fingerprint density at radius 2 is 2.19 bits per heavy atom. The highest BCUT2D eigenvalue weighted by molar-refractivity contribution is 6.00. The number of nitrogens with one attached hydrogen (secondary N) is 1. The molecule has 1 aromatic heterocycles. The highest BCUT2D eigenvalue weighted by atomic mass is 16.1. The molecule has 0 aromatic carbocycles. The summed E-state index contributed by atoms with van der Waals surface area (Å²) in [5.41, 5.74) is 9.01. The van der Waals surface area contributed by atoms with E-state index in [-0.39, 0.29) is 0 Å². The number of primary amides is 1. The molecule has 0 saturated carbocycles. The molecule has 3 fully saturated rings. The molecule has 5 rings (SSSR count). The molecular weight excluding hydrogens is 264 g/mol.